The molecule has 0 spiro atoms. The predicted octanol–water partition coefficient (Wildman–Crippen LogP) is 17.4. The lowest BCUT2D eigenvalue weighted by Gasteiger charge is -2.12. The van der Waals surface area contributed by atoms with E-state index in [2.05, 4.69) is 168 Å². The molecule has 0 radical (unpaired) electrons. The molecule has 5 heterocycles. The SMILES string of the molecule is O=S1(=O)c2ccc(-c3cc4c(-c5ccccc5)c5sccc5c(-c5ccccc5)c4s3)cc2-c2cc(-c3cc4c(-c5ccccc5)c5sccc5c(-c5ccccc5)c4s3)ccc21. The minimum atomic E-state index is -3.71. The van der Waals surface area contributed by atoms with Crippen LogP contribution >= 0.6 is 45.3 Å². The predicted molar refractivity (Wildman–Crippen MR) is 271 cm³/mol. The lowest BCUT2D eigenvalue weighted by Crippen LogP contribution is -1.96. The van der Waals surface area contributed by atoms with Gasteiger partial charge in [0.2, 0.25) is 9.84 Å². The summed E-state index contributed by atoms with van der Waals surface area (Å²) in [5.74, 6) is 0. The highest BCUT2D eigenvalue weighted by Gasteiger charge is 2.34. The van der Waals surface area contributed by atoms with E-state index in [0.29, 0.717) is 9.79 Å². The number of hydrogen-bond donors (Lipinski definition) is 0. The van der Waals surface area contributed by atoms with Gasteiger partial charge in [-0.05, 0) is 92.7 Å². The lowest BCUT2D eigenvalue weighted by molar-refractivity contribution is 0.598. The molecule has 12 aromatic rings. The highest BCUT2D eigenvalue weighted by Crippen LogP contribution is 2.54. The molecular formula is C56H32O2S5. The quantitative estimate of drug-likeness (QED) is 0.167. The van der Waals surface area contributed by atoms with Crippen LogP contribution in [0.5, 0.6) is 0 Å². The maximum atomic E-state index is 14.3. The van der Waals surface area contributed by atoms with Crippen molar-refractivity contribution >= 4 is 95.5 Å². The van der Waals surface area contributed by atoms with E-state index in [9.17, 15) is 8.42 Å². The van der Waals surface area contributed by atoms with Crippen LogP contribution in [0.25, 0.3) is 117 Å². The third-order valence-corrected chi connectivity index (χ3v) is 18.6. The Labute approximate surface area is 380 Å². The zero-order chi connectivity index (χ0) is 41.8. The molecule has 13 rings (SSSR count). The normalized spacial score (nSPS) is 13.0. The van der Waals surface area contributed by atoms with Gasteiger partial charge in [-0.2, -0.15) is 0 Å². The van der Waals surface area contributed by atoms with Crippen LogP contribution in [0.1, 0.15) is 0 Å². The summed E-state index contributed by atoms with van der Waals surface area (Å²) in [6, 6.07) is 63.8. The van der Waals surface area contributed by atoms with E-state index in [0.717, 1.165) is 32.0 Å². The van der Waals surface area contributed by atoms with Crippen molar-refractivity contribution in [2.75, 3.05) is 0 Å². The van der Waals surface area contributed by atoms with Gasteiger partial charge in [-0.1, -0.05) is 133 Å². The number of fused-ring (bicyclic) bond motifs is 7. The Balaban J connectivity index is 1.00. The molecule has 0 fully saturated rings. The van der Waals surface area contributed by atoms with E-state index >= 15 is 0 Å². The Morgan fingerprint density at radius 3 is 1.03 bits per heavy atom. The van der Waals surface area contributed by atoms with Crippen LogP contribution in [0.15, 0.2) is 203 Å². The smallest absolute Gasteiger partial charge is 0.207 e. The largest absolute Gasteiger partial charge is 0.218 e. The number of sulfone groups is 1. The average Bonchev–Trinajstić information content (AvgIpc) is 4.19. The molecule has 0 atom stereocenters. The third-order valence-electron chi connectivity index (χ3n) is 12.4. The zero-order valence-electron chi connectivity index (χ0n) is 33.3. The molecule has 298 valence electrons. The van der Waals surface area contributed by atoms with Gasteiger partial charge in [-0.25, -0.2) is 8.42 Å². The summed E-state index contributed by atoms with van der Waals surface area (Å²) >= 11 is 7.14. The third kappa shape index (κ3) is 5.67. The number of thiophene rings is 4. The first kappa shape index (κ1) is 37.1. The van der Waals surface area contributed by atoms with Crippen molar-refractivity contribution in [1.29, 1.82) is 0 Å². The summed E-state index contributed by atoms with van der Waals surface area (Å²) < 4.78 is 33.5. The van der Waals surface area contributed by atoms with Crippen molar-refractivity contribution in [3.8, 4) is 76.5 Å². The van der Waals surface area contributed by atoms with Crippen molar-refractivity contribution in [1.82, 2.24) is 0 Å². The van der Waals surface area contributed by atoms with Crippen LogP contribution in [0.4, 0.5) is 0 Å². The maximum absolute atomic E-state index is 14.3. The topological polar surface area (TPSA) is 34.1 Å². The second kappa shape index (κ2) is 14.3. The van der Waals surface area contributed by atoms with Crippen molar-refractivity contribution in [2.45, 2.75) is 9.79 Å². The maximum Gasteiger partial charge on any atom is 0.207 e. The Morgan fingerprint density at radius 1 is 0.317 bits per heavy atom. The number of rotatable bonds is 6. The summed E-state index contributed by atoms with van der Waals surface area (Å²) in [4.78, 5) is 2.94. The highest BCUT2D eigenvalue weighted by atomic mass is 32.2. The van der Waals surface area contributed by atoms with Gasteiger partial charge in [0.1, 0.15) is 0 Å². The summed E-state index contributed by atoms with van der Waals surface area (Å²) in [5, 5.41) is 9.32. The van der Waals surface area contributed by atoms with E-state index in [1.807, 2.05) is 24.3 Å². The van der Waals surface area contributed by atoms with Crippen molar-refractivity contribution < 1.29 is 8.42 Å². The van der Waals surface area contributed by atoms with Crippen molar-refractivity contribution in [3.63, 3.8) is 0 Å². The minimum absolute atomic E-state index is 0.365. The van der Waals surface area contributed by atoms with Gasteiger partial charge in [0, 0.05) is 83.5 Å². The zero-order valence-corrected chi connectivity index (χ0v) is 37.4. The fourth-order valence-corrected chi connectivity index (χ4v) is 15.7. The first-order valence-corrected chi connectivity index (χ1v) is 25.6. The first-order valence-electron chi connectivity index (χ1n) is 20.7. The van der Waals surface area contributed by atoms with Crippen LogP contribution in [-0.2, 0) is 9.84 Å². The molecule has 0 N–H and O–H groups in total. The first-order chi connectivity index (χ1) is 31.0. The summed E-state index contributed by atoms with van der Waals surface area (Å²) in [5.41, 5.74) is 13.2. The van der Waals surface area contributed by atoms with E-state index in [4.69, 9.17) is 0 Å². The molecule has 0 unspecified atom stereocenters. The number of hydrogen-bond acceptors (Lipinski definition) is 6. The van der Waals surface area contributed by atoms with E-state index in [-0.39, 0.29) is 0 Å². The molecule has 0 saturated carbocycles. The Kier molecular flexibility index (Phi) is 8.42. The monoisotopic (exact) mass is 896 g/mol. The van der Waals surface area contributed by atoms with Gasteiger partial charge in [-0.3, -0.25) is 0 Å². The van der Waals surface area contributed by atoms with Crippen molar-refractivity contribution in [3.05, 3.63) is 193 Å². The number of benzene rings is 8. The van der Waals surface area contributed by atoms with Crippen LogP contribution < -0.4 is 0 Å². The molecule has 1 aliphatic rings. The molecule has 7 heteroatoms. The van der Waals surface area contributed by atoms with Gasteiger partial charge in [0.05, 0.1) is 9.79 Å². The van der Waals surface area contributed by atoms with Gasteiger partial charge >= 0.3 is 0 Å². The van der Waals surface area contributed by atoms with Gasteiger partial charge in [-0.15, -0.1) is 45.3 Å². The molecule has 0 bridgehead atoms. The summed E-state index contributed by atoms with van der Waals surface area (Å²) in [6.45, 7) is 0. The highest BCUT2D eigenvalue weighted by molar-refractivity contribution is 7.92. The molecule has 0 amide bonds. The Morgan fingerprint density at radius 2 is 0.667 bits per heavy atom. The van der Waals surface area contributed by atoms with Crippen molar-refractivity contribution in [2.24, 2.45) is 0 Å². The van der Waals surface area contributed by atoms with Crippen LogP contribution in [-0.4, -0.2) is 8.42 Å². The second-order valence-corrected chi connectivity index (χ2v) is 21.7. The Hall–Kier alpha value is -6.45. The molecule has 0 saturated heterocycles. The van der Waals surface area contributed by atoms with Gasteiger partial charge in [0.25, 0.3) is 0 Å². The van der Waals surface area contributed by atoms with Gasteiger partial charge < -0.3 is 0 Å². The Bertz CT molecular complexity index is 3460. The standard InChI is InChI=1S/C56H32O2S5/c57-63(58)47-23-21-37(45-31-43-51(35-17-9-3-10-18-35)53-39(25-27-59-53)49(55(43)61-45)33-13-5-1-6-14-33)29-41(47)42-30-38(22-24-48(42)63)46-32-44-52(36-19-11-4-12-20-36)54-40(26-28-60-54)50(56(44)62-46)34-15-7-2-8-16-34/h1-32H. The van der Waals surface area contributed by atoms with E-state index in [1.54, 1.807) is 45.3 Å². The van der Waals surface area contributed by atoms with E-state index in [1.165, 1.54) is 84.9 Å². The summed E-state index contributed by atoms with van der Waals surface area (Å²) in [7, 11) is -3.71. The second-order valence-electron chi connectivity index (χ2n) is 15.9. The van der Waals surface area contributed by atoms with Crippen LogP contribution in [0.3, 0.4) is 0 Å². The molecule has 2 nitrogen and oxygen atoms in total. The average molecular weight is 897 g/mol. The fraction of sp³-hybridized carbons (Fsp3) is 0. The molecular weight excluding hydrogens is 865 g/mol. The lowest BCUT2D eigenvalue weighted by atomic mass is 9.93. The molecule has 8 aromatic carbocycles. The molecule has 0 aliphatic carbocycles. The van der Waals surface area contributed by atoms with Crippen LogP contribution in [0, 0.1) is 0 Å². The molecule has 4 aromatic heterocycles. The van der Waals surface area contributed by atoms with Crippen LogP contribution in [0.2, 0.25) is 0 Å². The fourth-order valence-electron chi connectivity index (χ4n) is 9.64. The van der Waals surface area contributed by atoms with E-state index < -0.39 is 9.84 Å². The minimum Gasteiger partial charge on any atom is -0.218 e. The van der Waals surface area contributed by atoms with Gasteiger partial charge in [0.15, 0.2) is 0 Å². The summed E-state index contributed by atoms with van der Waals surface area (Å²) in [6.07, 6.45) is 0. The molecule has 1 aliphatic heterocycles. The molecule has 63 heavy (non-hydrogen) atoms.